The number of hydrogen-bond acceptors (Lipinski definition) is 9. The molecule has 0 fully saturated rings. The van der Waals surface area contributed by atoms with Crippen molar-refractivity contribution in [2.24, 2.45) is 0 Å². The lowest BCUT2D eigenvalue weighted by atomic mass is 10.2. The summed E-state index contributed by atoms with van der Waals surface area (Å²) in [6.07, 6.45) is -1.25. The monoisotopic (exact) mass is 493 g/mol. The molecular weight excluding hydrogens is 470 g/mol. The van der Waals surface area contributed by atoms with E-state index in [9.17, 15) is 32.9 Å². The van der Waals surface area contributed by atoms with Crippen molar-refractivity contribution in [1.29, 1.82) is 0 Å². The molecule has 0 aliphatic carbocycles. The van der Waals surface area contributed by atoms with Crippen molar-refractivity contribution < 1.29 is 32.5 Å². The van der Waals surface area contributed by atoms with Gasteiger partial charge in [0.2, 0.25) is 15.9 Å². The summed E-state index contributed by atoms with van der Waals surface area (Å²) in [6.45, 7) is 1.86. The number of sulfonamides is 1. The minimum atomic E-state index is -4.27. The van der Waals surface area contributed by atoms with Crippen molar-refractivity contribution in [2.75, 3.05) is 29.5 Å². The minimum absolute atomic E-state index is 0.118. The maximum absolute atomic E-state index is 12.4. The zero-order valence-corrected chi connectivity index (χ0v) is 19.3. The number of nitrogens with one attached hydrogen (secondary N) is 4. The quantitative estimate of drug-likeness (QED) is 0.216. The molecule has 0 heterocycles. The van der Waals surface area contributed by atoms with E-state index in [4.69, 9.17) is 4.74 Å². The fourth-order valence-electron chi connectivity index (χ4n) is 2.65. The van der Waals surface area contributed by atoms with Gasteiger partial charge in [-0.15, -0.1) is 0 Å². The summed E-state index contributed by atoms with van der Waals surface area (Å²) >= 11 is 0. The first kappa shape index (κ1) is 26.2. The van der Waals surface area contributed by atoms with E-state index < -0.39 is 50.1 Å². The van der Waals surface area contributed by atoms with Gasteiger partial charge in [0.15, 0.2) is 6.10 Å². The molecule has 13 nitrogen and oxygen atoms in total. The number of amides is 2. The van der Waals surface area contributed by atoms with Crippen LogP contribution in [0.1, 0.15) is 13.8 Å². The Morgan fingerprint density at radius 1 is 1.06 bits per heavy atom. The van der Waals surface area contributed by atoms with E-state index >= 15 is 0 Å². The van der Waals surface area contributed by atoms with Gasteiger partial charge in [-0.1, -0.05) is 0 Å². The van der Waals surface area contributed by atoms with Gasteiger partial charge in [-0.25, -0.2) is 8.42 Å². The van der Waals surface area contributed by atoms with Crippen molar-refractivity contribution in [3.63, 3.8) is 0 Å². The normalized spacial score (nSPS) is 11.7. The van der Waals surface area contributed by atoms with Crippen LogP contribution in [-0.4, -0.2) is 50.8 Å². The van der Waals surface area contributed by atoms with E-state index in [0.29, 0.717) is 11.4 Å². The molecule has 0 bridgehead atoms. The van der Waals surface area contributed by atoms with Crippen LogP contribution in [0.15, 0.2) is 47.4 Å². The molecule has 0 aliphatic rings. The van der Waals surface area contributed by atoms with E-state index in [-0.39, 0.29) is 11.6 Å². The molecule has 2 aromatic rings. The standard InChI is InChI=1S/C20H23N5O8S/c1-12(20(28)24-15-6-4-14(5-7-15)23-13(2)26)33-19(27)11-22-34(31,32)16-8-9-17(21-3)18(10-16)25(29)30/h4-10,12,21-22H,11H2,1-3H3,(H,23,26)(H,24,28)/t12-/m0/s1. The number of hydrogen-bond donors (Lipinski definition) is 4. The minimum Gasteiger partial charge on any atom is -0.452 e. The summed E-state index contributed by atoms with van der Waals surface area (Å²) in [5.41, 5.74) is 0.578. The van der Waals surface area contributed by atoms with Crippen LogP contribution in [0.2, 0.25) is 0 Å². The molecule has 182 valence electrons. The second kappa shape index (κ2) is 11.2. The summed E-state index contributed by atoms with van der Waals surface area (Å²) in [7, 11) is -2.82. The van der Waals surface area contributed by atoms with Gasteiger partial charge in [0, 0.05) is 31.4 Å². The Morgan fingerprint density at radius 3 is 2.18 bits per heavy atom. The first-order valence-electron chi connectivity index (χ1n) is 9.77. The molecule has 2 aromatic carbocycles. The molecule has 0 spiro atoms. The number of benzene rings is 2. The van der Waals surface area contributed by atoms with Gasteiger partial charge in [0.1, 0.15) is 12.2 Å². The lowest BCUT2D eigenvalue weighted by Gasteiger charge is -2.14. The molecule has 14 heteroatoms. The highest BCUT2D eigenvalue weighted by atomic mass is 32.2. The lowest BCUT2D eigenvalue weighted by Crippen LogP contribution is -2.35. The van der Waals surface area contributed by atoms with Gasteiger partial charge < -0.3 is 20.7 Å². The van der Waals surface area contributed by atoms with Gasteiger partial charge in [0.25, 0.3) is 11.6 Å². The SMILES string of the molecule is CNc1ccc(S(=O)(=O)NCC(=O)O[C@@H](C)C(=O)Nc2ccc(NC(C)=O)cc2)cc1[N+](=O)[O-]. The Labute approximate surface area is 195 Å². The van der Waals surface area contributed by atoms with E-state index in [1.165, 1.54) is 39.1 Å². The zero-order valence-electron chi connectivity index (χ0n) is 18.4. The molecule has 2 rings (SSSR count). The summed E-state index contributed by atoms with van der Waals surface area (Å²) in [4.78, 5) is 45.2. The Bertz CT molecular complexity index is 1200. The van der Waals surface area contributed by atoms with Crippen LogP contribution in [0.5, 0.6) is 0 Å². The topological polar surface area (TPSA) is 186 Å². The maximum Gasteiger partial charge on any atom is 0.321 e. The highest BCUT2D eigenvalue weighted by Crippen LogP contribution is 2.27. The van der Waals surface area contributed by atoms with Crippen molar-refractivity contribution in [2.45, 2.75) is 24.8 Å². The number of esters is 1. The van der Waals surface area contributed by atoms with Crippen LogP contribution >= 0.6 is 0 Å². The van der Waals surface area contributed by atoms with Gasteiger partial charge in [-0.2, -0.15) is 4.72 Å². The highest BCUT2D eigenvalue weighted by Gasteiger charge is 2.23. The van der Waals surface area contributed by atoms with Crippen molar-refractivity contribution in [1.82, 2.24) is 4.72 Å². The predicted molar refractivity (Wildman–Crippen MR) is 123 cm³/mol. The van der Waals surface area contributed by atoms with E-state index in [1.807, 2.05) is 4.72 Å². The number of carbonyl (C=O) groups excluding carboxylic acids is 3. The number of nitro benzene ring substituents is 1. The van der Waals surface area contributed by atoms with Crippen LogP contribution in [0.3, 0.4) is 0 Å². The first-order chi connectivity index (χ1) is 15.9. The third-order valence-electron chi connectivity index (χ3n) is 4.30. The molecular formula is C20H23N5O8S. The highest BCUT2D eigenvalue weighted by molar-refractivity contribution is 7.89. The average molecular weight is 493 g/mol. The molecule has 4 N–H and O–H groups in total. The number of nitro groups is 1. The van der Waals surface area contributed by atoms with Crippen LogP contribution < -0.4 is 20.7 Å². The van der Waals surface area contributed by atoms with Crippen molar-refractivity contribution >= 4 is 50.6 Å². The molecule has 0 saturated heterocycles. The fraction of sp³-hybridized carbons (Fsp3) is 0.250. The van der Waals surface area contributed by atoms with Crippen LogP contribution in [0.4, 0.5) is 22.7 Å². The van der Waals surface area contributed by atoms with Crippen molar-refractivity contribution in [3.8, 4) is 0 Å². The van der Waals surface area contributed by atoms with Crippen molar-refractivity contribution in [3.05, 3.63) is 52.6 Å². The second-order valence-electron chi connectivity index (χ2n) is 6.89. The fourth-order valence-corrected chi connectivity index (χ4v) is 3.64. The average Bonchev–Trinajstić information content (AvgIpc) is 2.78. The van der Waals surface area contributed by atoms with E-state index in [2.05, 4.69) is 16.0 Å². The molecule has 0 radical (unpaired) electrons. The number of carbonyl (C=O) groups is 3. The van der Waals surface area contributed by atoms with Crippen LogP contribution in [0, 0.1) is 10.1 Å². The summed E-state index contributed by atoms with van der Waals surface area (Å²) in [5, 5.41) is 18.8. The Morgan fingerprint density at radius 2 is 1.65 bits per heavy atom. The number of rotatable bonds is 10. The lowest BCUT2D eigenvalue weighted by molar-refractivity contribution is -0.384. The largest absolute Gasteiger partial charge is 0.452 e. The van der Waals surface area contributed by atoms with Crippen LogP contribution in [-0.2, 0) is 29.1 Å². The molecule has 0 saturated carbocycles. The molecule has 0 aliphatic heterocycles. The van der Waals surface area contributed by atoms with Gasteiger partial charge in [0.05, 0.1) is 9.82 Å². The summed E-state index contributed by atoms with van der Waals surface area (Å²) in [6, 6.07) is 9.41. The molecule has 34 heavy (non-hydrogen) atoms. The predicted octanol–water partition coefficient (Wildman–Crippen LogP) is 1.44. The zero-order chi connectivity index (χ0) is 25.5. The Hall–Kier alpha value is -4.04. The number of nitrogens with zero attached hydrogens (tertiary/aromatic N) is 1. The Kier molecular flexibility index (Phi) is 8.64. The van der Waals surface area contributed by atoms with Gasteiger partial charge >= 0.3 is 5.97 Å². The summed E-state index contributed by atoms with van der Waals surface area (Å²) in [5.74, 6) is -1.95. The van der Waals surface area contributed by atoms with Gasteiger partial charge in [-0.05, 0) is 43.3 Å². The smallest absolute Gasteiger partial charge is 0.321 e. The third kappa shape index (κ3) is 7.25. The van der Waals surface area contributed by atoms with E-state index in [0.717, 1.165) is 12.1 Å². The third-order valence-corrected chi connectivity index (χ3v) is 5.70. The van der Waals surface area contributed by atoms with E-state index in [1.54, 1.807) is 12.1 Å². The van der Waals surface area contributed by atoms with Crippen LogP contribution in [0.25, 0.3) is 0 Å². The maximum atomic E-state index is 12.4. The molecule has 2 amide bonds. The summed E-state index contributed by atoms with van der Waals surface area (Å²) < 4.78 is 31.7. The number of ether oxygens (including phenoxy) is 1. The number of anilines is 3. The molecule has 0 unspecified atom stereocenters. The Balaban J connectivity index is 1.93. The molecule has 1 atom stereocenters. The van der Waals surface area contributed by atoms with Gasteiger partial charge in [-0.3, -0.25) is 24.5 Å². The first-order valence-corrected chi connectivity index (χ1v) is 11.2. The second-order valence-corrected chi connectivity index (χ2v) is 8.66. The molecule has 0 aromatic heterocycles.